The van der Waals surface area contributed by atoms with Crippen molar-refractivity contribution in [2.75, 3.05) is 13.2 Å². The molecule has 2 aliphatic heterocycles. The first-order valence-electron chi connectivity index (χ1n) is 13.6. The van der Waals surface area contributed by atoms with Gasteiger partial charge in [0.25, 0.3) is 18.0 Å². The van der Waals surface area contributed by atoms with Crippen molar-refractivity contribution in [1.82, 2.24) is 0 Å². The number of aromatic nitrogens is 2. The number of carbonyl (C=O) groups is 5. The van der Waals surface area contributed by atoms with E-state index in [1.807, 2.05) is 0 Å². The van der Waals surface area contributed by atoms with Crippen LogP contribution in [-0.4, -0.2) is 94.9 Å². The number of halogens is 2. The number of aliphatic hydroxyl groups excluding tert-OH is 3. The zero-order valence-corrected chi connectivity index (χ0v) is 26.9. The van der Waals surface area contributed by atoms with Crippen molar-refractivity contribution in [1.29, 1.82) is 0 Å². The van der Waals surface area contributed by atoms with Crippen molar-refractivity contribution in [3.8, 4) is 0 Å². The molecular formula is C30H44Cl2N4O13. The summed E-state index contributed by atoms with van der Waals surface area (Å²) in [6.07, 6.45) is -1.94. The van der Waals surface area contributed by atoms with E-state index < -0.39 is 85.4 Å². The minimum Gasteiger partial charge on any atom is -1.00 e. The lowest BCUT2D eigenvalue weighted by molar-refractivity contribution is -0.765. The minimum atomic E-state index is -1.18. The van der Waals surface area contributed by atoms with Crippen LogP contribution < -0.4 is 45.4 Å². The van der Waals surface area contributed by atoms with Crippen molar-refractivity contribution in [2.24, 2.45) is 11.5 Å². The molecule has 2 fully saturated rings. The number of amides is 2. The Hall–Kier alpha value is -3.97. The van der Waals surface area contributed by atoms with Crippen molar-refractivity contribution in [2.45, 2.75) is 84.7 Å². The van der Waals surface area contributed by atoms with E-state index in [1.54, 1.807) is 24.5 Å². The summed E-state index contributed by atoms with van der Waals surface area (Å²) in [5.41, 5.74) is 10.9. The van der Waals surface area contributed by atoms with Crippen LogP contribution in [-0.2, 0) is 38.1 Å². The summed E-state index contributed by atoms with van der Waals surface area (Å²) < 4.78 is 29.6. The summed E-state index contributed by atoms with van der Waals surface area (Å²) >= 11 is 0. The van der Waals surface area contributed by atoms with Crippen LogP contribution in [0, 0.1) is 0 Å². The Morgan fingerprint density at radius 1 is 0.735 bits per heavy atom. The highest BCUT2D eigenvalue weighted by Crippen LogP contribution is 2.31. The smallest absolute Gasteiger partial charge is 0.304 e. The van der Waals surface area contributed by atoms with E-state index in [1.165, 1.54) is 54.4 Å². The van der Waals surface area contributed by atoms with Gasteiger partial charge in [0.15, 0.2) is 37.0 Å². The molecule has 276 valence electrons. The van der Waals surface area contributed by atoms with E-state index in [0.29, 0.717) is 0 Å². The Morgan fingerprint density at radius 2 is 1.18 bits per heavy atom. The summed E-state index contributed by atoms with van der Waals surface area (Å²) in [5, 5.41) is 28.4. The number of pyridine rings is 2. The zero-order valence-electron chi connectivity index (χ0n) is 25.4. The number of rotatable bonds is 9. The van der Waals surface area contributed by atoms with Gasteiger partial charge >= 0.3 is 24.1 Å². The van der Waals surface area contributed by atoms with E-state index >= 15 is 0 Å². The monoisotopic (exact) mass is 738 g/mol. The minimum absolute atomic E-state index is 0. The average molecular weight is 740 g/mol. The lowest BCUT2D eigenvalue weighted by Crippen LogP contribution is -3.00. The quantitative estimate of drug-likeness (QED) is 0.0912. The molecule has 19 heteroatoms. The van der Waals surface area contributed by atoms with Crippen LogP contribution in [0.2, 0.25) is 0 Å². The second kappa shape index (κ2) is 21.2. The van der Waals surface area contributed by atoms with Crippen molar-refractivity contribution < 1.29 is 96.9 Å². The van der Waals surface area contributed by atoms with Gasteiger partial charge in [-0.25, -0.2) is 0 Å². The van der Waals surface area contributed by atoms with Gasteiger partial charge in [-0.2, -0.15) is 9.13 Å². The molecule has 2 aromatic heterocycles. The molecule has 0 spiro atoms. The lowest BCUT2D eigenvalue weighted by Gasteiger charge is -2.21. The highest BCUT2D eigenvalue weighted by molar-refractivity contribution is 5.92. The van der Waals surface area contributed by atoms with E-state index in [-0.39, 0.29) is 57.4 Å². The fourth-order valence-corrected chi connectivity index (χ4v) is 4.65. The number of hydrogen-bond donors (Lipinski definition) is 5. The van der Waals surface area contributed by atoms with Crippen LogP contribution in [0.4, 0.5) is 0 Å². The third kappa shape index (κ3) is 12.5. The number of aliphatic hydroxyl groups is 3. The maximum absolute atomic E-state index is 11.6. The van der Waals surface area contributed by atoms with Gasteiger partial charge in [-0.15, -0.1) is 0 Å². The third-order valence-corrected chi connectivity index (χ3v) is 6.66. The Morgan fingerprint density at radius 3 is 1.59 bits per heavy atom. The normalized spacial score (nSPS) is 24.9. The van der Waals surface area contributed by atoms with Crippen LogP contribution in [0.1, 0.15) is 68.8 Å². The second-order valence-corrected chi connectivity index (χ2v) is 10.1. The van der Waals surface area contributed by atoms with Gasteiger partial charge in [-0.05, 0) is 12.1 Å². The molecule has 17 nitrogen and oxygen atoms in total. The molecule has 4 heterocycles. The van der Waals surface area contributed by atoms with Crippen LogP contribution in [0.15, 0.2) is 49.1 Å². The highest BCUT2D eigenvalue weighted by Gasteiger charge is 2.54. The molecule has 8 atom stereocenters. The van der Waals surface area contributed by atoms with Crippen molar-refractivity contribution in [3.05, 3.63) is 60.2 Å². The van der Waals surface area contributed by atoms with Gasteiger partial charge in [0.1, 0.15) is 36.0 Å². The summed E-state index contributed by atoms with van der Waals surface area (Å²) in [7, 11) is 0. The average Bonchev–Trinajstić information content (AvgIpc) is 3.47. The predicted octanol–water partition coefficient (Wildman–Crippen LogP) is -7.64. The Balaban J connectivity index is 0. The summed E-state index contributed by atoms with van der Waals surface area (Å²) in [5.74, 6) is -3.04. The summed E-state index contributed by atoms with van der Waals surface area (Å²) in [6.45, 7) is 3.01. The maximum Gasteiger partial charge on any atom is 0.304 e. The zero-order chi connectivity index (χ0) is 33.4. The molecule has 0 unspecified atom stereocenters. The third-order valence-electron chi connectivity index (χ3n) is 6.66. The van der Waals surface area contributed by atoms with Crippen LogP contribution in [0.5, 0.6) is 0 Å². The maximum atomic E-state index is 11.6. The largest absolute Gasteiger partial charge is 1.00 e. The molecule has 2 saturated heterocycles. The molecule has 0 bridgehead atoms. The molecular weight excluding hydrogens is 695 g/mol. The van der Waals surface area contributed by atoms with E-state index in [9.17, 15) is 34.2 Å². The first kappa shape index (κ1) is 47.1. The molecule has 0 radical (unpaired) electrons. The van der Waals surface area contributed by atoms with E-state index in [0.717, 1.165) is 0 Å². The number of nitrogens with two attached hydrogens (primary N) is 2. The molecule has 0 aromatic carbocycles. The standard InChI is InChI=1S/C17H20N2O8.C11H14N2O5.2CH4.2ClH/c1-9(20)24-8-13-14(25-10(2)21)15(26-11(3)22)17(27-13)19-6-4-5-12(7-19)16(18)23;12-10(17)6-2-1-3-13(4-6)11-9(16)8(15)7(5-14)18-11;;;;/h4-7,13-15,17H,8H2,1-3H3,(H-,18,23);1-4,7-9,11,14-16H,5H2,(H-,12,17);2*1H4;2*1H/t13-,14-,15-,17-;7-,8-,9-,11-;;;;/m11..../s1. The summed E-state index contributed by atoms with van der Waals surface area (Å²) in [6, 6.07) is 6.18. The Bertz CT molecular complexity index is 1420. The van der Waals surface area contributed by atoms with Gasteiger partial charge < -0.3 is 75.3 Å². The number of nitrogens with zero attached hydrogens (tertiary/aromatic N) is 2. The molecule has 7 N–H and O–H groups in total. The fourth-order valence-electron chi connectivity index (χ4n) is 4.65. The molecule has 2 aliphatic rings. The number of hydrogen-bond acceptors (Lipinski definition) is 13. The number of esters is 3. The van der Waals surface area contributed by atoms with Crippen LogP contribution in [0.3, 0.4) is 0 Å². The molecule has 0 saturated carbocycles. The van der Waals surface area contributed by atoms with E-state index in [2.05, 4.69) is 0 Å². The first-order valence-corrected chi connectivity index (χ1v) is 13.6. The fraction of sp³-hybridized carbons (Fsp3) is 0.500. The Labute approximate surface area is 295 Å². The van der Waals surface area contributed by atoms with E-state index in [4.69, 9.17) is 40.3 Å². The van der Waals surface area contributed by atoms with Gasteiger partial charge in [0.2, 0.25) is 6.10 Å². The van der Waals surface area contributed by atoms with Crippen molar-refractivity contribution >= 4 is 29.7 Å². The summed E-state index contributed by atoms with van der Waals surface area (Å²) in [4.78, 5) is 56.7. The molecule has 4 rings (SSSR count). The molecule has 0 aliphatic carbocycles. The highest BCUT2D eigenvalue weighted by atomic mass is 35.5. The molecule has 49 heavy (non-hydrogen) atoms. The Kier molecular flexibility index (Phi) is 20.4. The molecule has 2 aromatic rings. The van der Waals surface area contributed by atoms with Gasteiger partial charge in [-0.3, -0.25) is 24.0 Å². The van der Waals surface area contributed by atoms with Crippen LogP contribution in [0.25, 0.3) is 0 Å². The van der Waals surface area contributed by atoms with Gasteiger partial charge in [0.05, 0.1) is 6.61 Å². The topological polar surface area (TPSA) is 252 Å². The van der Waals surface area contributed by atoms with Gasteiger partial charge in [-0.1, -0.05) is 14.9 Å². The number of primary amides is 2. The number of ether oxygens (including phenoxy) is 5. The predicted molar refractivity (Wildman–Crippen MR) is 158 cm³/mol. The SMILES string of the molecule is C.C.CC(=O)OC[C@H]1O[C@@H]([n+]2cccc(C(N)=O)c2)[C@H](OC(C)=O)[C@@H]1OC(C)=O.NC(=O)c1ccc[n+]([C@@H]2O[C@H](CO)[C@@H](O)[C@H]2O)c1.[Cl-].[Cl-]. The van der Waals surface area contributed by atoms with Crippen molar-refractivity contribution in [3.63, 3.8) is 0 Å². The molecule has 2 amide bonds. The number of carbonyl (C=O) groups excluding carboxylic acids is 5. The van der Waals surface area contributed by atoms with Crippen LogP contribution >= 0.6 is 0 Å². The van der Waals surface area contributed by atoms with Gasteiger partial charge in [0, 0.05) is 32.9 Å². The first-order chi connectivity index (χ1) is 21.2. The lowest BCUT2D eigenvalue weighted by atomic mass is 10.1. The second-order valence-electron chi connectivity index (χ2n) is 10.1.